The van der Waals surface area contributed by atoms with Crippen LogP contribution >= 0.6 is 0 Å². The molecular weight excluding hydrogens is 434 g/mol. The number of amides is 1. The highest BCUT2D eigenvalue weighted by Gasteiger charge is 2.10. The van der Waals surface area contributed by atoms with Crippen molar-refractivity contribution in [2.24, 2.45) is 0 Å². The highest BCUT2D eigenvalue weighted by molar-refractivity contribution is 6.02. The van der Waals surface area contributed by atoms with Gasteiger partial charge in [0.05, 0.1) is 28.4 Å². The van der Waals surface area contributed by atoms with Crippen molar-refractivity contribution in [1.82, 2.24) is 0 Å². The molecular formula is C27H27NO6. The smallest absolute Gasteiger partial charge is 0.248 e. The standard InChI is InChI=1S/C27H27NO6/c1-31-22-13-19(14-23(17-22)32-2)6-5-18-7-10-21(11-8-18)28-26(29)12-9-20-15-24(33-3)27(30)25(16-20)34-4/h5-17,30H,1-4H3,(H,28,29)/b6-5+,12-9+. The van der Waals surface area contributed by atoms with Crippen molar-refractivity contribution in [2.75, 3.05) is 33.8 Å². The minimum absolute atomic E-state index is 0.0914. The van der Waals surface area contributed by atoms with Crippen LogP contribution in [0.3, 0.4) is 0 Å². The molecule has 0 aliphatic rings. The fourth-order valence-electron chi connectivity index (χ4n) is 3.16. The van der Waals surface area contributed by atoms with E-state index in [-0.39, 0.29) is 23.2 Å². The quantitative estimate of drug-likeness (QED) is 0.334. The van der Waals surface area contributed by atoms with Gasteiger partial charge in [0, 0.05) is 17.8 Å². The van der Waals surface area contributed by atoms with Crippen molar-refractivity contribution >= 4 is 29.8 Å². The summed E-state index contributed by atoms with van der Waals surface area (Å²) in [5.74, 6) is 1.57. The van der Waals surface area contributed by atoms with E-state index >= 15 is 0 Å². The van der Waals surface area contributed by atoms with Gasteiger partial charge in [-0.3, -0.25) is 4.79 Å². The van der Waals surface area contributed by atoms with Crippen LogP contribution < -0.4 is 24.3 Å². The number of hydrogen-bond donors (Lipinski definition) is 2. The maximum absolute atomic E-state index is 12.3. The number of hydrogen-bond acceptors (Lipinski definition) is 6. The first-order valence-electron chi connectivity index (χ1n) is 10.4. The maximum atomic E-state index is 12.3. The summed E-state index contributed by atoms with van der Waals surface area (Å²) < 4.78 is 20.9. The lowest BCUT2D eigenvalue weighted by atomic mass is 10.1. The Hall–Kier alpha value is -4.39. The Balaban J connectivity index is 1.65. The highest BCUT2D eigenvalue weighted by atomic mass is 16.5. The number of anilines is 1. The molecule has 0 atom stereocenters. The van der Waals surface area contributed by atoms with Crippen LogP contribution in [-0.2, 0) is 4.79 Å². The number of phenolic OH excluding ortho intramolecular Hbond substituents is 1. The Morgan fingerprint density at radius 3 is 1.76 bits per heavy atom. The lowest BCUT2D eigenvalue weighted by molar-refractivity contribution is -0.111. The second kappa shape index (κ2) is 11.5. The van der Waals surface area contributed by atoms with Gasteiger partial charge in [-0.1, -0.05) is 24.3 Å². The molecule has 3 rings (SSSR count). The van der Waals surface area contributed by atoms with Crippen LogP contribution in [0.15, 0.2) is 60.7 Å². The molecule has 7 nitrogen and oxygen atoms in total. The molecule has 0 bridgehead atoms. The van der Waals surface area contributed by atoms with Crippen molar-refractivity contribution in [3.05, 3.63) is 77.4 Å². The zero-order valence-electron chi connectivity index (χ0n) is 19.5. The molecule has 0 saturated heterocycles. The summed E-state index contributed by atoms with van der Waals surface area (Å²) in [6.45, 7) is 0. The molecule has 7 heteroatoms. The normalized spacial score (nSPS) is 10.9. The lowest BCUT2D eigenvalue weighted by Crippen LogP contribution is -2.07. The van der Waals surface area contributed by atoms with Gasteiger partial charge in [-0.25, -0.2) is 0 Å². The topological polar surface area (TPSA) is 86.3 Å². The van der Waals surface area contributed by atoms with Gasteiger partial charge in [0.25, 0.3) is 0 Å². The van der Waals surface area contributed by atoms with E-state index in [2.05, 4.69) is 5.32 Å². The number of aromatic hydroxyl groups is 1. The van der Waals surface area contributed by atoms with Gasteiger partial charge in [0.2, 0.25) is 11.7 Å². The second-order valence-corrected chi connectivity index (χ2v) is 7.20. The van der Waals surface area contributed by atoms with Crippen LogP contribution in [0.5, 0.6) is 28.7 Å². The minimum Gasteiger partial charge on any atom is -0.502 e. The van der Waals surface area contributed by atoms with Crippen molar-refractivity contribution in [1.29, 1.82) is 0 Å². The van der Waals surface area contributed by atoms with Crippen LogP contribution in [0, 0.1) is 0 Å². The zero-order chi connectivity index (χ0) is 24.5. The molecule has 0 aliphatic heterocycles. The Morgan fingerprint density at radius 1 is 0.706 bits per heavy atom. The molecule has 1 amide bonds. The fourth-order valence-corrected chi connectivity index (χ4v) is 3.16. The maximum Gasteiger partial charge on any atom is 0.248 e. The van der Waals surface area contributed by atoms with Gasteiger partial charge in [-0.2, -0.15) is 0 Å². The van der Waals surface area contributed by atoms with Crippen LogP contribution in [0.4, 0.5) is 5.69 Å². The van der Waals surface area contributed by atoms with Gasteiger partial charge in [-0.05, 0) is 59.2 Å². The summed E-state index contributed by atoms with van der Waals surface area (Å²) in [4.78, 5) is 12.3. The molecule has 0 aliphatic carbocycles. The number of methoxy groups -OCH3 is 4. The van der Waals surface area contributed by atoms with Crippen molar-refractivity contribution in [2.45, 2.75) is 0 Å². The van der Waals surface area contributed by atoms with Gasteiger partial charge in [-0.15, -0.1) is 0 Å². The Kier molecular flexibility index (Phi) is 8.18. The van der Waals surface area contributed by atoms with E-state index in [1.807, 2.05) is 54.6 Å². The fraction of sp³-hybridized carbons (Fsp3) is 0.148. The van der Waals surface area contributed by atoms with Gasteiger partial charge < -0.3 is 29.4 Å². The number of rotatable bonds is 9. The predicted molar refractivity (Wildman–Crippen MR) is 134 cm³/mol. The zero-order valence-corrected chi connectivity index (χ0v) is 19.5. The van der Waals surface area contributed by atoms with E-state index < -0.39 is 0 Å². The molecule has 34 heavy (non-hydrogen) atoms. The summed E-state index contributed by atoms with van der Waals surface area (Å²) >= 11 is 0. The average molecular weight is 462 g/mol. The van der Waals surface area contributed by atoms with Crippen molar-refractivity contribution < 1.29 is 28.8 Å². The Labute approximate surface area is 198 Å². The average Bonchev–Trinajstić information content (AvgIpc) is 2.87. The van der Waals surface area contributed by atoms with Gasteiger partial charge in [0.15, 0.2) is 11.5 Å². The van der Waals surface area contributed by atoms with Crippen molar-refractivity contribution in [3.8, 4) is 28.7 Å². The number of nitrogens with one attached hydrogen (secondary N) is 1. The second-order valence-electron chi connectivity index (χ2n) is 7.20. The molecule has 0 fully saturated rings. The Bertz CT molecular complexity index is 1150. The monoisotopic (exact) mass is 461 g/mol. The number of carbonyl (C=O) groups is 1. The van der Waals surface area contributed by atoms with Crippen LogP contribution in [0.25, 0.3) is 18.2 Å². The molecule has 0 radical (unpaired) electrons. The largest absolute Gasteiger partial charge is 0.502 e. The molecule has 0 heterocycles. The minimum atomic E-state index is -0.294. The van der Waals surface area contributed by atoms with E-state index in [9.17, 15) is 9.90 Å². The highest BCUT2D eigenvalue weighted by Crippen LogP contribution is 2.37. The van der Waals surface area contributed by atoms with E-state index in [0.29, 0.717) is 22.7 Å². The first-order chi connectivity index (χ1) is 16.4. The molecule has 0 aromatic heterocycles. The number of ether oxygens (including phenoxy) is 4. The molecule has 2 N–H and O–H groups in total. The van der Waals surface area contributed by atoms with E-state index in [1.54, 1.807) is 32.4 Å². The first kappa shape index (κ1) is 24.3. The van der Waals surface area contributed by atoms with E-state index in [4.69, 9.17) is 18.9 Å². The van der Waals surface area contributed by atoms with Gasteiger partial charge in [0.1, 0.15) is 11.5 Å². The predicted octanol–water partition coefficient (Wildman–Crippen LogP) is 5.25. The third-order valence-electron chi connectivity index (χ3n) is 4.95. The molecule has 3 aromatic carbocycles. The summed E-state index contributed by atoms with van der Waals surface area (Å²) in [5, 5.41) is 12.8. The molecule has 3 aromatic rings. The third kappa shape index (κ3) is 6.32. The Morgan fingerprint density at radius 2 is 1.24 bits per heavy atom. The van der Waals surface area contributed by atoms with Crippen molar-refractivity contribution in [3.63, 3.8) is 0 Å². The molecule has 176 valence electrons. The van der Waals surface area contributed by atoms with Crippen LogP contribution in [0.2, 0.25) is 0 Å². The number of phenols is 1. The molecule has 0 spiro atoms. The van der Waals surface area contributed by atoms with Crippen LogP contribution in [0.1, 0.15) is 16.7 Å². The lowest BCUT2D eigenvalue weighted by Gasteiger charge is -2.09. The summed E-state index contributed by atoms with van der Waals surface area (Å²) in [7, 11) is 6.12. The molecule has 0 unspecified atom stereocenters. The first-order valence-corrected chi connectivity index (χ1v) is 10.4. The SMILES string of the molecule is COc1cc(/C=C/c2ccc(NC(=O)/C=C/c3cc(OC)c(O)c(OC)c3)cc2)cc(OC)c1. The van der Waals surface area contributed by atoms with Crippen LogP contribution in [-0.4, -0.2) is 39.5 Å². The summed E-state index contributed by atoms with van der Waals surface area (Å²) in [5.41, 5.74) is 3.23. The van der Waals surface area contributed by atoms with E-state index in [1.165, 1.54) is 20.3 Å². The third-order valence-corrected chi connectivity index (χ3v) is 4.95. The molecule has 0 saturated carbocycles. The summed E-state index contributed by atoms with van der Waals surface area (Å²) in [6.07, 6.45) is 6.93. The number of benzene rings is 3. The number of carbonyl (C=O) groups excluding carboxylic acids is 1. The summed E-state index contributed by atoms with van der Waals surface area (Å²) in [6, 6.07) is 16.3. The van der Waals surface area contributed by atoms with E-state index in [0.717, 1.165) is 11.1 Å². The van der Waals surface area contributed by atoms with Gasteiger partial charge >= 0.3 is 0 Å².